The number of rotatable bonds is 7. The number of hydroxylamine groups is 1. The van der Waals surface area contributed by atoms with Gasteiger partial charge in [0.1, 0.15) is 0 Å². The average Bonchev–Trinajstić information content (AvgIpc) is 2.46. The predicted octanol–water partition coefficient (Wildman–Crippen LogP) is 3.61. The molecule has 0 bridgehead atoms. The molecule has 130 valence electrons. The Hall–Kier alpha value is -0.810. The molecule has 1 aliphatic carbocycles. The van der Waals surface area contributed by atoms with E-state index < -0.39 is 5.60 Å². The van der Waals surface area contributed by atoms with Gasteiger partial charge in [-0.1, -0.05) is 32.6 Å². The fourth-order valence-corrected chi connectivity index (χ4v) is 3.14. The highest BCUT2D eigenvalue weighted by Crippen LogP contribution is 2.27. The van der Waals surface area contributed by atoms with Gasteiger partial charge >= 0.3 is 6.03 Å². The number of aliphatic hydroxyl groups is 1. The number of carbonyl (C=O) groups excluding carboxylic acids is 1. The third kappa shape index (κ3) is 6.53. The van der Waals surface area contributed by atoms with Gasteiger partial charge in [0, 0.05) is 18.7 Å². The van der Waals surface area contributed by atoms with Crippen molar-refractivity contribution < 1.29 is 14.7 Å². The third-order valence-electron chi connectivity index (χ3n) is 4.12. The van der Waals surface area contributed by atoms with Gasteiger partial charge in [-0.2, -0.15) is 0 Å². The molecule has 2 amide bonds. The molecule has 0 aromatic carbocycles. The van der Waals surface area contributed by atoms with Crippen LogP contribution in [-0.2, 0) is 4.84 Å². The Bertz CT molecular complexity index is 316. The Balaban J connectivity index is 2.80. The number of nitrogens with one attached hydrogen (secondary N) is 1. The lowest BCUT2D eigenvalue weighted by Gasteiger charge is -2.40. The maximum Gasteiger partial charge on any atom is 0.341 e. The summed E-state index contributed by atoms with van der Waals surface area (Å²) in [6.45, 7) is 7.97. The van der Waals surface area contributed by atoms with Crippen molar-refractivity contribution in [1.29, 1.82) is 0 Å². The molecule has 0 spiro atoms. The van der Waals surface area contributed by atoms with Crippen molar-refractivity contribution >= 4 is 6.03 Å². The highest BCUT2D eigenvalue weighted by Gasteiger charge is 2.31. The molecule has 0 aromatic heterocycles. The van der Waals surface area contributed by atoms with Gasteiger partial charge in [0.2, 0.25) is 0 Å². The second-order valence-corrected chi connectivity index (χ2v) is 7.28. The first-order valence-electron chi connectivity index (χ1n) is 8.76. The molecule has 1 aliphatic rings. The fraction of sp³-hybridized carbons (Fsp3) is 0.941. The molecule has 0 saturated heterocycles. The van der Waals surface area contributed by atoms with E-state index in [0.717, 1.165) is 25.7 Å². The maximum atomic E-state index is 12.7. The number of amides is 2. The van der Waals surface area contributed by atoms with Crippen LogP contribution in [-0.4, -0.2) is 40.3 Å². The van der Waals surface area contributed by atoms with Crippen molar-refractivity contribution in [2.24, 2.45) is 0 Å². The van der Waals surface area contributed by atoms with Crippen molar-refractivity contribution in [1.82, 2.24) is 10.4 Å². The van der Waals surface area contributed by atoms with Crippen LogP contribution in [0.1, 0.15) is 79.1 Å². The van der Waals surface area contributed by atoms with Gasteiger partial charge in [-0.3, -0.25) is 4.84 Å². The lowest BCUT2D eigenvalue weighted by Crippen LogP contribution is -2.53. The molecule has 1 fully saturated rings. The minimum atomic E-state index is -0.412. The Morgan fingerprint density at radius 2 is 1.91 bits per heavy atom. The summed E-state index contributed by atoms with van der Waals surface area (Å²) < 4.78 is 0. The van der Waals surface area contributed by atoms with Crippen molar-refractivity contribution in [3.8, 4) is 0 Å². The summed E-state index contributed by atoms with van der Waals surface area (Å²) in [5.74, 6) is 0. The van der Waals surface area contributed by atoms with Crippen LogP contribution in [0.4, 0.5) is 4.79 Å². The van der Waals surface area contributed by atoms with Crippen molar-refractivity contribution in [2.75, 3.05) is 6.61 Å². The highest BCUT2D eigenvalue weighted by molar-refractivity contribution is 5.73. The quantitative estimate of drug-likeness (QED) is 0.706. The molecule has 0 aliphatic heterocycles. The molecule has 2 N–H and O–H groups in total. The van der Waals surface area contributed by atoms with Crippen LogP contribution >= 0.6 is 0 Å². The van der Waals surface area contributed by atoms with Crippen LogP contribution in [0, 0.1) is 0 Å². The number of urea groups is 1. The van der Waals surface area contributed by atoms with E-state index in [-0.39, 0.29) is 24.7 Å². The van der Waals surface area contributed by atoms with Gasteiger partial charge in [-0.15, -0.1) is 0 Å². The van der Waals surface area contributed by atoms with Gasteiger partial charge in [-0.25, -0.2) is 10.3 Å². The summed E-state index contributed by atoms with van der Waals surface area (Å²) in [5, 5.41) is 9.36. The summed E-state index contributed by atoms with van der Waals surface area (Å²) in [4.78, 5) is 20.1. The molecule has 1 atom stereocenters. The van der Waals surface area contributed by atoms with E-state index in [1.165, 1.54) is 19.3 Å². The number of hydrogen-bond acceptors (Lipinski definition) is 3. The Morgan fingerprint density at radius 1 is 1.27 bits per heavy atom. The Morgan fingerprint density at radius 3 is 2.41 bits per heavy atom. The SMILES string of the molecule is CCCC(CCO)N(C(=O)NOC(C)(C)C)C1CCCCC1. The zero-order chi connectivity index (χ0) is 16.6. The zero-order valence-corrected chi connectivity index (χ0v) is 14.7. The van der Waals surface area contributed by atoms with E-state index in [2.05, 4.69) is 12.4 Å². The third-order valence-corrected chi connectivity index (χ3v) is 4.12. The monoisotopic (exact) mass is 314 g/mol. The molecule has 1 unspecified atom stereocenters. The minimum absolute atomic E-state index is 0.0849. The standard InChI is InChI=1S/C17H34N2O3/c1-5-9-14(12-13-20)19(15-10-7-6-8-11-15)16(21)18-22-17(2,3)4/h14-15,20H,5-13H2,1-4H3,(H,18,21). The summed E-state index contributed by atoms with van der Waals surface area (Å²) in [5.41, 5.74) is 2.21. The number of hydrogen-bond donors (Lipinski definition) is 2. The molecule has 1 rings (SSSR count). The maximum absolute atomic E-state index is 12.7. The molecular weight excluding hydrogens is 280 g/mol. The van der Waals surface area contributed by atoms with Crippen molar-refractivity contribution in [3.63, 3.8) is 0 Å². The second-order valence-electron chi connectivity index (χ2n) is 7.28. The summed E-state index contributed by atoms with van der Waals surface area (Å²) >= 11 is 0. The molecule has 0 radical (unpaired) electrons. The highest BCUT2D eigenvalue weighted by atomic mass is 16.7. The van der Waals surface area contributed by atoms with Crippen molar-refractivity contribution in [3.05, 3.63) is 0 Å². The first-order valence-corrected chi connectivity index (χ1v) is 8.76. The van der Waals surface area contributed by atoms with Gasteiger partial charge in [-0.05, 0) is 46.5 Å². The zero-order valence-electron chi connectivity index (χ0n) is 14.7. The molecule has 22 heavy (non-hydrogen) atoms. The summed E-state index contributed by atoms with van der Waals surface area (Å²) in [6.07, 6.45) is 8.25. The Labute approximate surface area is 135 Å². The first kappa shape index (κ1) is 19.2. The molecule has 0 heterocycles. The molecule has 5 nitrogen and oxygen atoms in total. The number of nitrogens with zero attached hydrogens (tertiary/aromatic N) is 1. The normalized spacial score (nSPS) is 18.0. The minimum Gasteiger partial charge on any atom is -0.396 e. The summed E-state index contributed by atoms with van der Waals surface area (Å²) in [7, 11) is 0. The lowest BCUT2D eigenvalue weighted by molar-refractivity contribution is -0.0637. The summed E-state index contributed by atoms with van der Waals surface area (Å²) in [6, 6.07) is 0.191. The molecule has 1 saturated carbocycles. The van der Waals surface area contributed by atoms with E-state index >= 15 is 0 Å². The van der Waals surface area contributed by atoms with Gasteiger partial charge in [0.25, 0.3) is 0 Å². The van der Waals surface area contributed by atoms with Gasteiger partial charge < -0.3 is 10.0 Å². The molecule has 0 aromatic rings. The average molecular weight is 314 g/mol. The van der Waals surface area contributed by atoms with Crippen LogP contribution in [0.25, 0.3) is 0 Å². The Kier molecular flexibility index (Phi) is 8.18. The van der Waals surface area contributed by atoms with E-state index in [1.54, 1.807) is 0 Å². The number of aliphatic hydroxyl groups excluding tert-OH is 1. The van der Waals surface area contributed by atoms with Crippen LogP contribution in [0.15, 0.2) is 0 Å². The van der Waals surface area contributed by atoms with Crippen LogP contribution in [0.2, 0.25) is 0 Å². The largest absolute Gasteiger partial charge is 0.396 e. The molecule has 5 heteroatoms. The van der Waals surface area contributed by atoms with Crippen molar-refractivity contribution in [2.45, 2.75) is 96.7 Å². The predicted molar refractivity (Wildman–Crippen MR) is 88.5 cm³/mol. The van der Waals surface area contributed by atoms with E-state index in [9.17, 15) is 9.90 Å². The van der Waals surface area contributed by atoms with Crippen LogP contribution < -0.4 is 5.48 Å². The van der Waals surface area contributed by atoms with E-state index in [0.29, 0.717) is 6.42 Å². The fourth-order valence-electron chi connectivity index (χ4n) is 3.14. The van der Waals surface area contributed by atoms with Crippen LogP contribution in [0.3, 0.4) is 0 Å². The lowest BCUT2D eigenvalue weighted by atomic mass is 9.92. The van der Waals surface area contributed by atoms with E-state index in [4.69, 9.17) is 4.84 Å². The van der Waals surface area contributed by atoms with Gasteiger partial charge in [0.15, 0.2) is 0 Å². The topological polar surface area (TPSA) is 61.8 Å². The first-order chi connectivity index (χ1) is 10.4. The number of carbonyl (C=O) groups is 1. The van der Waals surface area contributed by atoms with Crippen LogP contribution in [0.5, 0.6) is 0 Å². The smallest absolute Gasteiger partial charge is 0.341 e. The second kappa shape index (κ2) is 9.36. The van der Waals surface area contributed by atoms with E-state index in [1.807, 2.05) is 25.7 Å². The van der Waals surface area contributed by atoms with Gasteiger partial charge in [0.05, 0.1) is 5.60 Å². The molecular formula is C17H34N2O3.